The van der Waals surface area contributed by atoms with E-state index in [1.54, 1.807) is 0 Å². The van der Waals surface area contributed by atoms with Gasteiger partial charge in [-0.25, -0.2) is 8.78 Å². The molecule has 17 heavy (non-hydrogen) atoms. The Labute approximate surface area is 99.2 Å². The number of hydrogen-bond donors (Lipinski definition) is 1. The van der Waals surface area contributed by atoms with E-state index in [1.807, 2.05) is 0 Å². The number of hydrogen-bond acceptors (Lipinski definition) is 2. The molecule has 0 amide bonds. The number of aliphatic hydroxyl groups is 1. The van der Waals surface area contributed by atoms with Crippen molar-refractivity contribution in [1.82, 2.24) is 0 Å². The molecule has 1 N–H and O–H groups in total. The maximum atomic E-state index is 13.3. The first kappa shape index (κ1) is 12.5. The molecule has 1 saturated carbocycles. The molecule has 0 unspecified atom stereocenters. The van der Waals surface area contributed by atoms with Gasteiger partial charge < -0.3 is 9.84 Å². The van der Waals surface area contributed by atoms with E-state index in [-0.39, 0.29) is 18.8 Å². The summed E-state index contributed by atoms with van der Waals surface area (Å²) in [5, 5.41) is 9.33. The van der Waals surface area contributed by atoms with Gasteiger partial charge in [-0.2, -0.15) is 0 Å². The summed E-state index contributed by atoms with van der Waals surface area (Å²) in [6, 6.07) is 3.50. The number of benzene rings is 1. The normalized spacial score (nSPS) is 24.9. The third-order valence-electron chi connectivity index (χ3n) is 3.13. The first-order chi connectivity index (χ1) is 8.15. The molecule has 0 radical (unpaired) electrons. The predicted octanol–water partition coefficient (Wildman–Crippen LogP) is 2.78. The highest BCUT2D eigenvalue weighted by molar-refractivity contribution is 5.17. The summed E-state index contributed by atoms with van der Waals surface area (Å²) in [5.41, 5.74) is 0.373. The summed E-state index contributed by atoms with van der Waals surface area (Å²) >= 11 is 0. The largest absolute Gasteiger partial charge is 0.393 e. The van der Waals surface area contributed by atoms with Crippen molar-refractivity contribution in [2.45, 2.75) is 44.5 Å². The maximum Gasteiger partial charge on any atom is 0.131 e. The van der Waals surface area contributed by atoms with Crippen molar-refractivity contribution in [2.75, 3.05) is 0 Å². The highest BCUT2D eigenvalue weighted by Crippen LogP contribution is 2.22. The fraction of sp³-hybridized carbons (Fsp3) is 0.538. The summed E-state index contributed by atoms with van der Waals surface area (Å²) in [5.74, 6) is -1.15. The SMILES string of the molecule is OC1CCC(OCc2ccc(F)cc2F)CC1. The molecule has 2 nitrogen and oxygen atoms in total. The van der Waals surface area contributed by atoms with Gasteiger partial charge in [0.1, 0.15) is 11.6 Å². The first-order valence-corrected chi connectivity index (χ1v) is 5.89. The summed E-state index contributed by atoms with van der Waals surface area (Å²) in [7, 11) is 0. The summed E-state index contributed by atoms with van der Waals surface area (Å²) in [4.78, 5) is 0. The molecule has 1 aliphatic rings. The Hall–Kier alpha value is -1.00. The average molecular weight is 242 g/mol. The second kappa shape index (κ2) is 5.56. The second-order valence-electron chi connectivity index (χ2n) is 4.48. The third kappa shape index (κ3) is 3.48. The minimum Gasteiger partial charge on any atom is -0.393 e. The van der Waals surface area contributed by atoms with Gasteiger partial charge in [0.15, 0.2) is 0 Å². The summed E-state index contributed by atoms with van der Waals surface area (Å²) in [6.07, 6.45) is 2.90. The van der Waals surface area contributed by atoms with Crippen LogP contribution in [0.4, 0.5) is 8.78 Å². The lowest BCUT2D eigenvalue weighted by Gasteiger charge is -2.25. The number of halogens is 2. The van der Waals surface area contributed by atoms with E-state index in [1.165, 1.54) is 12.1 Å². The fourth-order valence-electron chi connectivity index (χ4n) is 2.06. The van der Waals surface area contributed by atoms with Gasteiger partial charge in [-0.05, 0) is 31.7 Å². The third-order valence-corrected chi connectivity index (χ3v) is 3.13. The van der Waals surface area contributed by atoms with E-state index >= 15 is 0 Å². The van der Waals surface area contributed by atoms with Crippen LogP contribution in [0.5, 0.6) is 0 Å². The van der Waals surface area contributed by atoms with Crippen LogP contribution >= 0.6 is 0 Å². The van der Waals surface area contributed by atoms with Crippen molar-refractivity contribution in [1.29, 1.82) is 0 Å². The van der Waals surface area contributed by atoms with Crippen LogP contribution in [0, 0.1) is 11.6 Å². The number of rotatable bonds is 3. The van der Waals surface area contributed by atoms with Crippen molar-refractivity contribution in [2.24, 2.45) is 0 Å². The minimum atomic E-state index is -0.577. The quantitative estimate of drug-likeness (QED) is 0.883. The van der Waals surface area contributed by atoms with Crippen molar-refractivity contribution < 1.29 is 18.6 Å². The molecule has 0 atom stereocenters. The van der Waals surface area contributed by atoms with Crippen molar-refractivity contribution >= 4 is 0 Å². The van der Waals surface area contributed by atoms with Crippen molar-refractivity contribution in [3.8, 4) is 0 Å². The standard InChI is InChI=1S/C13H16F2O2/c14-10-2-1-9(13(15)7-10)8-17-12-5-3-11(16)4-6-12/h1-2,7,11-12,16H,3-6,8H2. The molecule has 1 aliphatic carbocycles. The van der Waals surface area contributed by atoms with Gasteiger partial charge in [0.25, 0.3) is 0 Å². The van der Waals surface area contributed by atoms with Crippen LogP contribution in [0.3, 0.4) is 0 Å². The zero-order chi connectivity index (χ0) is 12.3. The molecule has 1 fully saturated rings. The lowest BCUT2D eigenvalue weighted by Crippen LogP contribution is -2.24. The molecule has 0 spiro atoms. The summed E-state index contributed by atoms with van der Waals surface area (Å²) < 4.78 is 31.5. The molecular formula is C13H16F2O2. The molecule has 1 aromatic rings. The molecule has 1 aromatic carbocycles. The van der Waals surface area contributed by atoms with Crippen LogP contribution in [0.2, 0.25) is 0 Å². The zero-order valence-corrected chi connectivity index (χ0v) is 9.53. The van der Waals surface area contributed by atoms with Crippen LogP contribution in [0.15, 0.2) is 18.2 Å². The Bertz CT molecular complexity index is 374. The fourth-order valence-corrected chi connectivity index (χ4v) is 2.06. The minimum absolute atomic E-state index is 0.0721. The average Bonchev–Trinajstić information content (AvgIpc) is 2.30. The van der Waals surface area contributed by atoms with E-state index in [2.05, 4.69) is 0 Å². The van der Waals surface area contributed by atoms with Gasteiger partial charge in [0.2, 0.25) is 0 Å². The van der Waals surface area contributed by atoms with Gasteiger partial charge in [0, 0.05) is 11.6 Å². The molecule has 0 saturated heterocycles. The van der Waals surface area contributed by atoms with Crippen molar-refractivity contribution in [3.05, 3.63) is 35.4 Å². The molecule has 0 heterocycles. The second-order valence-corrected chi connectivity index (χ2v) is 4.48. The van der Waals surface area contributed by atoms with Crippen LogP contribution in [-0.4, -0.2) is 17.3 Å². The molecule has 4 heteroatoms. The lowest BCUT2D eigenvalue weighted by molar-refractivity contribution is -0.0127. The first-order valence-electron chi connectivity index (χ1n) is 5.89. The Morgan fingerprint density at radius 3 is 2.53 bits per heavy atom. The van der Waals surface area contributed by atoms with E-state index in [0.29, 0.717) is 5.56 Å². The molecule has 0 aromatic heterocycles. The van der Waals surface area contributed by atoms with Crippen LogP contribution in [0.1, 0.15) is 31.2 Å². The Morgan fingerprint density at radius 1 is 1.18 bits per heavy atom. The zero-order valence-electron chi connectivity index (χ0n) is 9.53. The van der Waals surface area contributed by atoms with E-state index < -0.39 is 11.6 Å². The molecular weight excluding hydrogens is 226 g/mol. The Kier molecular flexibility index (Phi) is 4.07. The van der Waals surface area contributed by atoms with Gasteiger partial charge >= 0.3 is 0 Å². The maximum absolute atomic E-state index is 13.3. The Balaban J connectivity index is 1.85. The smallest absolute Gasteiger partial charge is 0.131 e. The van der Waals surface area contributed by atoms with Crippen LogP contribution < -0.4 is 0 Å². The van der Waals surface area contributed by atoms with E-state index in [0.717, 1.165) is 31.7 Å². The predicted molar refractivity (Wildman–Crippen MR) is 59.4 cm³/mol. The highest BCUT2D eigenvalue weighted by Gasteiger charge is 2.20. The number of ether oxygens (including phenoxy) is 1. The van der Waals surface area contributed by atoms with Gasteiger partial charge in [-0.15, -0.1) is 0 Å². The van der Waals surface area contributed by atoms with Crippen molar-refractivity contribution in [3.63, 3.8) is 0 Å². The van der Waals surface area contributed by atoms with Gasteiger partial charge in [0.05, 0.1) is 18.8 Å². The van der Waals surface area contributed by atoms with Crippen LogP contribution in [-0.2, 0) is 11.3 Å². The summed E-state index contributed by atoms with van der Waals surface area (Å²) in [6.45, 7) is 0.160. The number of aliphatic hydroxyl groups excluding tert-OH is 1. The lowest BCUT2D eigenvalue weighted by atomic mass is 9.95. The van der Waals surface area contributed by atoms with Crippen LogP contribution in [0.25, 0.3) is 0 Å². The molecule has 0 aliphatic heterocycles. The molecule has 2 rings (SSSR count). The molecule has 94 valence electrons. The van der Waals surface area contributed by atoms with E-state index in [4.69, 9.17) is 4.74 Å². The Morgan fingerprint density at radius 2 is 1.88 bits per heavy atom. The highest BCUT2D eigenvalue weighted by atomic mass is 19.1. The molecule has 0 bridgehead atoms. The van der Waals surface area contributed by atoms with Gasteiger partial charge in [-0.1, -0.05) is 6.07 Å². The van der Waals surface area contributed by atoms with E-state index in [9.17, 15) is 13.9 Å². The monoisotopic (exact) mass is 242 g/mol. The van der Waals surface area contributed by atoms with Gasteiger partial charge in [-0.3, -0.25) is 0 Å². The topological polar surface area (TPSA) is 29.5 Å².